The average molecular weight is 390 g/mol. The molecule has 0 radical (unpaired) electrons. The lowest BCUT2D eigenvalue weighted by Gasteiger charge is -2.20. The largest absolute Gasteiger partial charge is 0.490 e. The standard InChI is InChI=1S/C18H22N4O4S/c1-4-25-13-7-11(5-6-12(13)26-8-14(19)23)16-15-9(2)21-22-17(15)20-18(24)10(3)27-16/h5-7,10,16H,4,8H2,1-3H3,(H2,19,23)(H2,20,21,22,24)/t10-,16+/m0/s1. The molecule has 144 valence electrons. The van der Waals surface area contributed by atoms with E-state index in [0.717, 1.165) is 16.8 Å². The van der Waals surface area contributed by atoms with Crippen LogP contribution < -0.4 is 20.5 Å². The third-order valence-electron chi connectivity index (χ3n) is 4.15. The van der Waals surface area contributed by atoms with Gasteiger partial charge in [0.15, 0.2) is 23.9 Å². The second kappa shape index (κ2) is 7.91. The highest BCUT2D eigenvalue weighted by Gasteiger charge is 2.32. The molecule has 1 aliphatic rings. The number of carbonyl (C=O) groups is 2. The van der Waals surface area contributed by atoms with E-state index in [9.17, 15) is 9.59 Å². The van der Waals surface area contributed by atoms with E-state index in [-0.39, 0.29) is 23.0 Å². The maximum Gasteiger partial charge on any atom is 0.255 e. The Bertz CT molecular complexity index is 867. The van der Waals surface area contributed by atoms with Gasteiger partial charge < -0.3 is 20.5 Å². The van der Waals surface area contributed by atoms with Crippen LogP contribution in [0.2, 0.25) is 0 Å². The lowest BCUT2D eigenvalue weighted by Crippen LogP contribution is -2.21. The Hall–Kier alpha value is -2.68. The number of H-pyrrole nitrogens is 1. The van der Waals surface area contributed by atoms with Crippen LogP contribution in [0.25, 0.3) is 0 Å². The van der Waals surface area contributed by atoms with Gasteiger partial charge in [-0.05, 0) is 38.5 Å². The number of anilines is 1. The summed E-state index contributed by atoms with van der Waals surface area (Å²) in [5.41, 5.74) is 7.93. The number of nitrogens with two attached hydrogens (primary N) is 1. The summed E-state index contributed by atoms with van der Waals surface area (Å²) in [5, 5.41) is 9.67. The highest BCUT2D eigenvalue weighted by Crippen LogP contribution is 2.46. The molecule has 3 rings (SSSR count). The first-order chi connectivity index (χ1) is 12.9. The summed E-state index contributed by atoms with van der Waals surface area (Å²) in [5.74, 6) is 0.881. The Labute approximate surface area is 161 Å². The fourth-order valence-corrected chi connectivity index (χ4v) is 4.19. The zero-order chi connectivity index (χ0) is 19.6. The number of aromatic amines is 1. The Kier molecular flexibility index (Phi) is 5.59. The number of primary amides is 1. The third kappa shape index (κ3) is 4.02. The van der Waals surface area contributed by atoms with E-state index in [0.29, 0.717) is 23.9 Å². The number of carbonyl (C=O) groups excluding carboxylic acids is 2. The Balaban J connectivity index is 2.01. The number of hydrogen-bond acceptors (Lipinski definition) is 6. The summed E-state index contributed by atoms with van der Waals surface area (Å²) in [6, 6.07) is 5.52. The first-order valence-electron chi connectivity index (χ1n) is 8.59. The van der Waals surface area contributed by atoms with Crippen molar-refractivity contribution in [1.29, 1.82) is 0 Å². The van der Waals surface area contributed by atoms with Gasteiger partial charge in [-0.25, -0.2) is 0 Å². The zero-order valence-corrected chi connectivity index (χ0v) is 16.2. The highest BCUT2D eigenvalue weighted by molar-refractivity contribution is 8.01. The lowest BCUT2D eigenvalue weighted by molar-refractivity contribution is -0.120. The van der Waals surface area contributed by atoms with Crippen molar-refractivity contribution in [3.8, 4) is 11.5 Å². The lowest BCUT2D eigenvalue weighted by atomic mass is 10.0. The first-order valence-corrected chi connectivity index (χ1v) is 9.54. The zero-order valence-electron chi connectivity index (χ0n) is 15.4. The van der Waals surface area contributed by atoms with Crippen LogP contribution in [0.5, 0.6) is 11.5 Å². The molecule has 0 saturated carbocycles. The Morgan fingerprint density at radius 2 is 2.11 bits per heavy atom. The minimum absolute atomic E-state index is 0.0818. The third-order valence-corrected chi connectivity index (χ3v) is 5.55. The molecule has 2 amide bonds. The Morgan fingerprint density at radius 1 is 1.33 bits per heavy atom. The highest BCUT2D eigenvalue weighted by atomic mass is 32.2. The van der Waals surface area contributed by atoms with Gasteiger partial charge in [-0.3, -0.25) is 14.7 Å². The molecule has 8 nitrogen and oxygen atoms in total. The molecule has 9 heteroatoms. The van der Waals surface area contributed by atoms with Crippen molar-refractivity contribution >= 4 is 29.4 Å². The number of benzene rings is 1. The normalized spacial score (nSPS) is 19.0. The maximum atomic E-state index is 12.3. The molecule has 0 saturated heterocycles. The molecule has 0 aliphatic carbocycles. The molecule has 0 bridgehead atoms. The van der Waals surface area contributed by atoms with Crippen LogP contribution in [0.3, 0.4) is 0 Å². The fraction of sp³-hybridized carbons (Fsp3) is 0.389. The van der Waals surface area contributed by atoms with E-state index >= 15 is 0 Å². The fourth-order valence-electron chi connectivity index (χ4n) is 2.88. The van der Waals surface area contributed by atoms with Crippen LogP contribution in [0, 0.1) is 6.92 Å². The molecule has 0 unspecified atom stereocenters. The molecule has 27 heavy (non-hydrogen) atoms. The van der Waals surface area contributed by atoms with Crippen molar-refractivity contribution in [2.24, 2.45) is 5.73 Å². The van der Waals surface area contributed by atoms with Gasteiger partial charge in [-0.2, -0.15) is 5.10 Å². The number of thioether (sulfide) groups is 1. The molecule has 4 N–H and O–H groups in total. The van der Waals surface area contributed by atoms with Crippen LogP contribution in [-0.2, 0) is 9.59 Å². The van der Waals surface area contributed by atoms with Gasteiger partial charge in [-0.1, -0.05) is 6.07 Å². The van der Waals surface area contributed by atoms with Crippen molar-refractivity contribution in [3.63, 3.8) is 0 Å². The van der Waals surface area contributed by atoms with Crippen LogP contribution >= 0.6 is 11.8 Å². The summed E-state index contributed by atoms with van der Waals surface area (Å²) in [6.07, 6.45) is 0. The number of rotatable bonds is 6. The van der Waals surface area contributed by atoms with Gasteiger partial charge in [0.05, 0.1) is 17.1 Å². The van der Waals surface area contributed by atoms with Gasteiger partial charge in [0, 0.05) is 11.3 Å². The number of nitrogens with one attached hydrogen (secondary N) is 2. The van der Waals surface area contributed by atoms with E-state index in [1.54, 1.807) is 6.07 Å². The molecule has 2 atom stereocenters. The van der Waals surface area contributed by atoms with Crippen molar-refractivity contribution in [2.75, 3.05) is 18.5 Å². The smallest absolute Gasteiger partial charge is 0.255 e. The predicted octanol–water partition coefficient (Wildman–Crippen LogP) is 2.14. The second-order valence-electron chi connectivity index (χ2n) is 6.15. The number of amides is 2. The summed E-state index contributed by atoms with van der Waals surface area (Å²) >= 11 is 1.54. The van der Waals surface area contributed by atoms with Crippen LogP contribution in [0.4, 0.5) is 5.82 Å². The number of ether oxygens (including phenoxy) is 2. The summed E-state index contributed by atoms with van der Waals surface area (Å²) in [4.78, 5) is 23.3. The van der Waals surface area contributed by atoms with Crippen molar-refractivity contribution < 1.29 is 19.1 Å². The Morgan fingerprint density at radius 3 is 2.81 bits per heavy atom. The van der Waals surface area contributed by atoms with Gasteiger partial charge in [-0.15, -0.1) is 11.8 Å². The minimum atomic E-state index is -0.557. The summed E-state index contributed by atoms with van der Waals surface area (Å²) in [7, 11) is 0. The predicted molar refractivity (Wildman–Crippen MR) is 103 cm³/mol. The SMILES string of the molecule is CCOc1cc([C@H]2S[C@@H](C)C(=O)Nc3n[nH]c(C)c32)ccc1OCC(N)=O. The molecule has 0 spiro atoms. The average Bonchev–Trinajstić information content (AvgIpc) is 2.92. The molecule has 0 fully saturated rings. The van der Waals surface area contributed by atoms with Crippen LogP contribution in [0.15, 0.2) is 18.2 Å². The molecule has 1 aliphatic heterocycles. The summed E-state index contributed by atoms with van der Waals surface area (Å²) < 4.78 is 11.1. The van der Waals surface area contributed by atoms with Crippen LogP contribution in [-0.4, -0.2) is 40.5 Å². The van der Waals surface area contributed by atoms with Crippen LogP contribution in [0.1, 0.15) is 35.9 Å². The number of aryl methyl sites for hydroxylation is 1. The van der Waals surface area contributed by atoms with E-state index in [4.69, 9.17) is 15.2 Å². The van der Waals surface area contributed by atoms with Crippen molar-refractivity contribution in [3.05, 3.63) is 35.0 Å². The van der Waals surface area contributed by atoms with Crippen molar-refractivity contribution in [2.45, 2.75) is 31.3 Å². The quantitative estimate of drug-likeness (QED) is 0.695. The molecule has 1 aromatic heterocycles. The molecular weight excluding hydrogens is 368 g/mol. The van der Waals surface area contributed by atoms with Crippen molar-refractivity contribution in [1.82, 2.24) is 10.2 Å². The van der Waals surface area contributed by atoms with E-state index in [2.05, 4.69) is 15.5 Å². The number of nitrogens with zero attached hydrogens (tertiary/aromatic N) is 1. The second-order valence-corrected chi connectivity index (χ2v) is 7.60. The molecule has 1 aromatic carbocycles. The van der Waals surface area contributed by atoms with Gasteiger partial charge in [0.25, 0.3) is 5.91 Å². The number of fused-ring (bicyclic) bond motifs is 1. The van der Waals surface area contributed by atoms with Gasteiger partial charge in [0.2, 0.25) is 5.91 Å². The molecule has 2 heterocycles. The van der Waals surface area contributed by atoms with Gasteiger partial charge >= 0.3 is 0 Å². The maximum absolute atomic E-state index is 12.3. The molecular formula is C18H22N4O4S. The molecule has 2 aromatic rings. The van der Waals surface area contributed by atoms with E-state index in [1.807, 2.05) is 32.9 Å². The number of hydrogen-bond donors (Lipinski definition) is 3. The topological polar surface area (TPSA) is 119 Å². The van der Waals surface area contributed by atoms with E-state index < -0.39 is 5.91 Å². The first kappa shape index (κ1) is 19.1. The minimum Gasteiger partial charge on any atom is -0.490 e. The number of aromatic nitrogens is 2. The van der Waals surface area contributed by atoms with E-state index in [1.165, 1.54) is 11.8 Å². The summed E-state index contributed by atoms with van der Waals surface area (Å²) in [6.45, 7) is 5.88. The van der Waals surface area contributed by atoms with Gasteiger partial charge in [0.1, 0.15) is 0 Å². The monoisotopic (exact) mass is 390 g/mol.